The third-order valence-electron chi connectivity index (χ3n) is 5.62. The number of piperazine rings is 1. The molecule has 3 aromatic carbocycles. The summed E-state index contributed by atoms with van der Waals surface area (Å²) in [7, 11) is 1.64. The first-order valence-corrected chi connectivity index (χ1v) is 11.8. The summed E-state index contributed by atoms with van der Waals surface area (Å²) in [6.07, 6.45) is 0. The molecule has 0 spiro atoms. The summed E-state index contributed by atoms with van der Waals surface area (Å²) in [5, 5.41) is 3.19. The zero-order valence-electron chi connectivity index (χ0n) is 19.0. The molecule has 1 saturated heterocycles. The number of carbonyl (C=O) groups is 1. The lowest BCUT2D eigenvalue weighted by atomic mass is 10.2. The summed E-state index contributed by atoms with van der Waals surface area (Å²) >= 11 is 1.36. The van der Waals surface area contributed by atoms with Crippen molar-refractivity contribution >= 4 is 29.3 Å². The molecule has 1 aliphatic heterocycles. The Morgan fingerprint density at radius 3 is 2.15 bits per heavy atom. The number of nitrogens with zero attached hydrogens (tertiary/aromatic N) is 2. The van der Waals surface area contributed by atoms with Gasteiger partial charge in [0.1, 0.15) is 11.5 Å². The van der Waals surface area contributed by atoms with Crippen LogP contribution in [0.4, 0.5) is 11.4 Å². The van der Waals surface area contributed by atoms with Crippen molar-refractivity contribution < 1.29 is 13.7 Å². The molecule has 0 unspecified atom stereocenters. The highest BCUT2D eigenvalue weighted by Gasteiger charge is 2.21. The van der Waals surface area contributed by atoms with E-state index >= 15 is 0 Å². The summed E-state index contributed by atoms with van der Waals surface area (Å²) in [4.78, 5) is 17.9. The third-order valence-corrected chi connectivity index (χ3v) is 6.36. The van der Waals surface area contributed by atoms with Gasteiger partial charge in [0.15, 0.2) is 0 Å². The number of methoxy groups -OCH3 is 1. The van der Waals surface area contributed by atoms with Gasteiger partial charge < -0.3 is 24.0 Å². The molecule has 1 fully saturated rings. The molecule has 0 aliphatic carbocycles. The van der Waals surface area contributed by atoms with Crippen LogP contribution in [0.3, 0.4) is 0 Å². The number of amides is 1. The van der Waals surface area contributed by atoms with E-state index < -0.39 is 0 Å². The fourth-order valence-corrected chi connectivity index (χ4v) is 4.17. The summed E-state index contributed by atoms with van der Waals surface area (Å²) in [6, 6.07) is 24.0. The lowest BCUT2D eigenvalue weighted by molar-refractivity contribution is -0.129. The topological polar surface area (TPSA) is 54.0 Å². The summed E-state index contributed by atoms with van der Waals surface area (Å²) in [5.41, 5.74) is 3.29. The molecule has 6 nitrogen and oxygen atoms in total. The Hall–Kier alpha value is -3.32. The lowest BCUT2D eigenvalue weighted by Gasteiger charge is -2.36. The van der Waals surface area contributed by atoms with Crippen molar-refractivity contribution in [3.63, 3.8) is 0 Å². The van der Waals surface area contributed by atoms with Crippen LogP contribution in [-0.4, -0.2) is 50.6 Å². The molecule has 7 heteroatoms. The average Bonchev–Trinajstić information content (AvgIpc) is 2.87. The first kappa shape index (κ1) is 22.9. The van der Waals surface area contributed by atoms with Gasteiger partial charge in [-0.3, -0.25) is 4.79 Å². The van der Waals surface area contributed by atoms with Gasteiger partial charge in [-0.05, 0) is 67.6 Å². The second-order valence-corrected chi connectivity index (χ2v) is 8.73. The first-order valence-electron chi connectivity index (χ1n) is 11.0. The molecule has 0 bridgehead atoms. The largest absolute Gasteiger partial charge is 0.497 e. The Labute approximate surface area is 199 Å². The van der Waals surface area contributed by atoms with E-state index in [0.29, 0.717) is 13.1 Å². The van der Waals surface area contributed by atoms with Crippen LogP contribution in [-0.2, 0) is 4.79 Å². The summed E-state index contributed by atoms with van der Waals surface area (Å²) < 4.78 is 11.0. The van der Waals surface area contributed by atoms with Crippen LogP contribution in [0.2, 0.25) is 0 Å². The van der Waals surface area contributed by atoms with Crippen LogP contribution in [0.1, 0.15) is 5.56 Å². The smallest absolute Gasteiger partial charge is 0.241 e. The Morgan fingerprint density at radius 2 is 1.52 bits per heavy atom. The number of benzene rings is 3. The van der Waals surface area contributed by atoms with E-state index in [1.165, 1.54) is 17.6 Å². The Kier molecular flexibility index (Phi) is 7.62. The molecule has 0 atom stereocenters. The van der Waals surface area contributed by atoms with Crippen molar-refractivity contribution in [1.29, 1.82) is 0 Å². The molecule has 1 N–H and O–H groups in total. The van der Waals surface area contributed by atoms with Crippen molar-refractivity contribution in [1.82, 2.24) is 4.90 Å². The highest BCUT2D eigenvalue weighted by atomic mass is 32.2. The fraction of sp³-hybridized carbons (Fsp3) is 0.269. The molecular weight excluding hydrogens is 434 g/mol. The molecule has 4 rings (SSSR count). The van der Waals surface area contributed by atoms with Gasteiger partial charge in [0, 0.05) is 42.4 Å². The molecule has 1 heterocycles. The van der Waals surface area contributed by atoms with Crippen molar-refractivity contribution in [3.8, 4) is 11.5 Å². The molecule has 1 aliphatic rings. The minimum Gasteiger partial charge on any atom is -0.497 e. The van der Waals surface area contributed by atoms with Crippen LogP contribution in [0.25, 0.3) is 0 Å². The molecule has 0 saturated carbocycles. The molecule has 0 radical (unpaired) electrons. The maximum Gasteiger partial charge on any atom is 0.241 e. The lowest BCUT2D eigenvalue weighted by Crippen LogP contribution is -2.50. The molecule has 1 amide bonds. The monoisotopic (exact) mass is 463 g/mol. The number of nitrogens with one attached hydrogen (secondary N) is 1. The first-order chi connectivity index (χ1) is 16.1. The standard InChI is InChI=1S/C26H29N3O3S/c1-20-3-13-25(14-4-20)33-32-24-11-7-22(8-12-24)28-15-17-29(18-16-28)26(30)19-27-21-5-9-23(31-2)10-6-21/h3-14,27H,15-19H2,1-2H3. The number of ether oxygens (including phenoxy) is 1. The number of anilines is 2. The highest BCUT2D eigenvalue weighted by molar-refractivity contribution is 7.95. The SMILES string of the molecule is COc1ccc(NCC(=O)N2CCN(c3ccc(OSc4ccc(C)cc4)cc3)CC2)cc1. The van der Waals surface area contributed by atoms with Gasteiger partial charge in [0.05, 0.1) is 25.7 Å². The van der Waals surface area contributed by atoms with Gasteiger partial charge in [-0.15, -0.1) is 0 Å². The van der Waals surface area contributed by atoms with E-state index in [4.69, 9.17) is 8.92 Å². The van der Waals surface area contributed by atoms with Crippen molar-refractivity contribution in [2.24, 2.45) is 0 Å². The van der Waals surface area contributed by atoms with Crippen LogP contribution in [0.5, 0.6) is 11.5 Å². The number of rotatable bonds is 8. The molecular formula is C26H29N3O3S. The normalized spacial score (nSPS) is 13.5. The van der Waals surface area contributed by atoms with Gasteiger partial charge in [-0.2, -0.15) is 0 Å². The number of aryl methyl sites for hydroxylation is 1. The van der Waals surface area contributed by atoms with Crippen LogP contribution in [0.15, 0.2) is 77.7 Å². The number of hydrogen-bond donors (Lipinski definition) is 1. The minimum absolute atomic E-state index is 0.113. The van der Waals surface area contributed by atoms with Gasteiger partial charge in [0.2, 0.25) is 5.91 Å². The Bertz CT molecular complexity index is 1030. The van der Waals surface area contributed by atoms with E-state index in [9.17, 15) is 4.79 Å². The number of hydrogen-bond acceptors (Lipinski definition) is 6. The second kappa shape index (κ2) is 11.0. The van der Waals surface area contributed by atoms with Gasteiger partial charge in [0.25, 0.3) is 0 Å². The Balaban J connectivity index is 1.21. The predicted octanol–water partition coefficient (Wildman–Crippen LogP) is 4.85. The predicted molar refractivity (Wildman–Crippen MR) is 134 cm³/mol. The van der Waals surface area contributed by atoms with Crippen molar-refractivity contribution in [2.75, 3.05) is 50.1 Å². The molecule has 0 aromatic heterocycles. The van der Waals surface area contributed by atoms with Gasteiger partial charge >= 0.3 is 0 Å². The summed E-state index contributed by atoms with van der Waals surface area (Å²) in [5.74, 6) is 1.73. The fourth-order valence-electron chi connectivity index (χ4n) is 3.61. The van der Waals surface area contributed by atoms with Crippen molar-refractivity contribution in [3.05, 3.63) is 78.4 Å². The zero-order valence-corrected chi connectivity index (χ0v) is 19.8. The third kappa shape index (κ3) is 6.35. The van der Waals surface area contributed by atoms with Crippen LogP contribution >= 0.6 is 12.0 Å². The van der Waals surface area contributed by atoms with Crippen LogP contribution in [0, 0.1) is 6.92 Å². The maximum atomic E-state index is 12.6. The van der Waals surface area contributed by atoms with Gasteiger partial charge in [-0.1, -0.05) is 17.7 Å². The second-order valence-electron chi connectivity index (χ2n) is 7.92. The zero-order chi connectivity index (χ0) is 23.0. The molecule has 3 aromatic rings. The van der Waals surface area contributed by atoms with E-state index in [0.717, 1.165) is 40.9 Å². The molecule has 33 heavy (non-hydrogen) atoms. The van der Waals surface area contributed by atoms with E-state index in [-0.39, 0.29) is 12.5 Å². The average molecular weight is 464 g/mol. The van der Waals surface area contributed by atoms with E-state index in [1.54, 1.807) is 7.11 Å². The summed E-state index contributed by atoms with van der Waals surface area (Å²) in [6.45, 7) is 5.41. The highest BCUT2D eigenvalue weighted by Crippen LogP contribution is 2.26. The minimum atomic E-state index is 0.113. The number of carbonyl (C=O) groups excluding carboxylic acids is 1. The van der Waals surface area contributed by atoms with Crippen molar-refractivity contribution in [2.45, 2.75) is 11.8 Å². The van der Waals surface area contributed by atoms with Crippen LogP contribution < -0.4 is 19.1 Å². The van der Waals surface area contributed by atoms with E-state index in [2.05, 4.69) is 53.5 Å². The van der Waals surface area contributed by atoms with Gasteiger partial charge in [-0.25, -0.2) is 0 Å². The van der Waals surface area contributed by atoms with E-state index in [1.807, 2.05) is 41.3 Å². The quantitative estimate of drug-likeness (QED) is 0.482. The Morgan fingerprint density at radius 1 is 0.879 bits per heavy atom. The molecule has 172 valence electrons. The maximum absolute atomic E-state index is 12.6.